The van der Waals surface area contributed by atoms with E-state index >= 15 is 0 Å². The summed E-state index contributed by atoms with van der Waals surface area (Å²) in [4.78, 5) is 0.323. The summed E-state index contributed by atoms with van der Waals surface area (Å²) in [5.74, 6) is 0. The van der Waals surface area contributed by atoms with Crippen LogP contribution in [0, 0.1) is 13.8 Å². The fraction of sp³-hybridized carbons (Fsp3) is 0.727. The maximum atomic E-state index is 12.2. The summed E-state index contributed by atoms with van der Waals surface area (Å²) in [5.41, 5.74) is 1.25. The van der Waals surface area contributed by atoms with Gasteiger partial charge in [-0.25, -0.2) is 12.7 Å². The van der Waals surface area contributed by atoms with E-state index in [2.05, 4.69) is 10.4 Å². The molecule has 1 heterocycles. The van der Waals surface area contributed by atoms with Crippen molar-refractivity contribution in [1.82, 2.24) is 19.4 Å². The summed E-state index contributed by atoms with van der Waals surface area (Å²) in [7, 11) is -0.355. The van der Waals surface area contributed by atoms with Crippen LogP contribution in [0.1, 0.15) is 18.3 Å². The summed E-state index contributed by atoms with van der Waals surface area (Å²) < 4.78 is 27.3. The number of aromatic nitrogens is 2. The Morgan fingerprint density at radius 3 is 2.44 bits per heavy atom. The molecule has 0 aliphatic rings. The minimum absolute atomic E-state index is 0.323. The smallest absolute Gasteiger partial charge is 0.246 e. The van der Waals surface area contributed by atoms with Gasteiger partial charge in [0, 0.05) is 20.6 Å². The fourth-order valence-corrected chi connectivity index (χ4v) is 3.07. The van der Waals surface area contributed by atoms with Crippen LogP contribution in [0.2, 0.25) is 0 Å². The Balaban J connectivity index is 3.09. The van der Waals surface area contributed by atoms with Crippen LogP contribution in [0.15, 0.2) is 4.90 Å². The predicted molar refractivity (Wildman–Crippen MR) is 71.1 cm³/mol. The first-order chi connectivity index (χ1) is 8.32. The Bertz CT molecular complexity index is 505. The maximum Gasteiger partial charge on any atom is 0.246 e. The van der Waals surface area contributed by atoms with E-state index in [0.29, 0.717) is 22.8 Å². The highest BCUT2D eigenvalue weighted by Crippen LogP contribution is 2.21. The Labute approximate surface area is 109 Å². The van der Waals surface area contributed by atoms with E-state index in [9.17, 15) is 8.42 Å². The van der Waals surface area contributed by atoms with Crippen LogP contribution in [-0.2, 0) is 16.6 Å². The molecule has 0 aliphatic heterocycles. The second-order valence-corrected chi connectivity index (χ2v) is 6.45. The van der Waals surface area contributed by atoms with Crippen LogP contribution in [0.4, 0.5) is 0 Å². The van der Waals surface area contributed by atoms with Crippen molar-refractivity contribution in [2.75, 3.05) is 27.2 Å². The molecule has 0 spiro atoms. The molecular formula is C11H22N4O2S. The Kier molecular flexibility index (Phi) is 4.89. The van der Waals surface area contributed by atoms with E-state index in [1.807, 2.05) is 6.92 Å². The number of hydrogen-bond acceptors (Lipinski definition) is 4. The van der Waals surface area contributed by atoms with Gasteiger partial charge >= 0.3 is 0 Å². The highest BCUT2D eigenvalue weighted by Gasteiger charge is 2.26. The molecular weight excluding hydrogens is 252 g/mol. The van der Waals surface area contributed by atoms with Gasteiger partial charge in [-0.1, -0.05) is 6.92 Å². The zero-order valence-corrected chi connectivity index (χ0v) is 12.5. The van der Waals surface area contributed by atoms with Gasteiger partial charge in [0.1, 0.15) is 4.90 Å². The lowest BCUT2D eigenvalue weighted by atomic mass is 10.4. The number of rotatable bonds is 6. The van der Waals surface area contributed by atoms with Crippen molar-refractivity contribution < 1.29 is 8.42 Å². The van der Waals surface area contributed by atoms with E-state index in [4.69, 9.17) is 0 Å². The van der Waals surface area contributed by atoms with Gasteiger partial charge in [0.15, 0.2) is 0 Å². The molecule has 0 radical (unpaired) electrons. The van der Waals surface area contributed by atoms with Crippen molar-refractivity contribution in [2.45, 2.75) is 32.2 Å². The molecule has 0 aliphatic carbocycles. The monoisotopic (exact) mass is 274 g/mol. The van der Waals surface area contributed by atoms with Gasteiger partial charge in [0.05, 0.1) is 17.9 Å². The normalized spacial score (nSPS) is 12.3. The van der Waals surface area contributed by atoms with E-state index in [0.717, 1.165) is 13.1 Å². The fourth-order valence-electron chi connectivity index (χ4n) is 1.82. The van der Waals surface area contributed by atoms with Gasteiger partial charge in [-0.3, -0.25) is 4.68 Å². The number of likely N-dealkylation sites (N-methyl/N-ethyl adjacent to an activating group) is 1. The first-order valence-corrected chi connectivity index (χ1v) is 7.43. The molecule has 1 N–H and O–H groups in total. The summed E-state index contributed by atoms with van der Waals surface area (Å²) in [6.45, 7) is 7.89. The number of hydrogen-bond donors (Lipinski definition) is 1. The van der Waals surface area contributed by atoms with Crippen LogP contribution < -0.4 is 5.32 Å². The quantitative estimate of drug-likeness (QED) is 0.761. The number of aryl methyl sites for hydroxylation is 1. The number of sulfonamides is 1. The Hall–Kier alpha value is -0.920. The molecule has 6 nitrogen and oxygen atoms in total. The first-order valence-electron chi connectivity index (χ1n) is 5.99. The summed E-state index contributed by atoms with van der Waals surface area (Å²) >= 11 is 0. The Morgan fingerprint density at radius 1 is 1.33 bits per heavy atom. The molecule has 1 aromatic rings. The second-order valence-electron chi connectivity index (χ2n) is 4.36. The van der Waals surface area contributed by atoms with E-state index in [1.165, 1.54) is 18.4 Å². The topological polar surface area (TPSA) is 67.2 Å². The molecule has 104 valence electrons. The van der Waals surface area contributed by atoms with Crippen LogP contribution in [0.25, 0.3) is 0 Å². The first kappa shape index (κ1) is 15.1. The van der Waals surface area contributed by atoms with Gasteiger partial charge < -0.3 is 5.32 Å². The lowest BCUT2D eigenvalue weighted by molar-refractivity contribution is 0.517. The lowest BCUT2D eigenvalue weighted by Gasteiger charge is -2.11. The molecule has 0 amide bonds. The minimum Gasteiger partial charge on any atom is -0.315 e. The standard InChI is InChI=1S/C11H22N4O2S/c1-6-12-7-8-15-10(3)11(9(2)13-15)18(16,17)14(4)5/h12H,6-8H2,1-5H3. The second kappa shape index (κ2) is 5.81. The van der Waals surface area contributed by atoms with Gasteiger partial charge in [0.2, 0.25) is 10.0 Å². The third-order valence-corrected chi connectivity index (χ3v) is 4.87. The zero-order chi connectivity index (χ0) is 13.9. The lowest BCUT2D eigenvalue weighted by Crippen LogP contribution is -2.24. The largest absolute Gasteiger partial charge is 0.315 e. The SMILES string of the molecule is CCNCCn1nc(C)c(S(=O)(=O)N(C)C)c1C. The van der Waals surface area contributed by atoms with Crippen molar-refractivity contribution in [3.8, 4) is 0 Å². The van der Waals surface area contributed by atoms with Gasteiger partial charge in [-0.05, 0) is 20.4 Å². The van der Waals surface area contributed by atoms with Gasteiger partial charge in [0.25, 0.3) is 0 Å². The average molecular weight is 274 g/mol. The minimum atomic E-state index is -3.42. The van der Waals surface area contributed by atoms with E-state index in [1.54, 1.807) is 18.5 Å². The van der Waals surface area contributed by atoms with E-state index in [-0.39, 0.29) is 0 Å². The molecule has 7 heteroatoms. The van der Waals surface area contributed by atoms with Crippen molar-refractivity contribution in [3.05, 3.63) is 11.4 Å². The predicted octanol–water partition coefficient (Wildman–Crippen LogP) is 0.360. The highest BCUT2D eigenvalue weighted by molar-refractivity contribution is 7.89. The summed E-state index contributed by atoms with van der Waals surface area (Å²) in [5, 5.41) is 7.49. The molecule has 1 aromatic heterocycles. The molecule has 18 heavy (non-hydrogen) atoms. The number of nitrogens with zero attached hydrogens (tertiary/aromatic N) is 3. The van der Waals surface area contributed by atoms with Gasteiger partial charge in [-0.15, -0.1) is 0 Å². The molecule has 1 rings (SSSR count). The third kappa shape index (κ3) is 2.90. The maximum absolute atomic E-state index is 12.2. The van der Waals surface area contributed by atoms with Crippen molar-refractivity contribution in [2.24, 2.45) is 0 Å². The van der Waals surface area contributed by atoms with Crippen LogP contribution in [0.5, 0.6) is 0 Å². The van der Waals surface area contributed by atoms with Crippen molar-refractivity contribution in [3.63, 3.8) is 0 Å². The van der Waals surface area contributed by atoms with Crippen LogP contribution in [-0.4, -0.2) is 49.7 Å². The highest BCUT2D eigenvalue weighted by atomic mass is 32.2. The molecule has 0 aromatic carbocycles. The van der Waals surface area contributed by atoms with Gasteiger partial charge in [-0.2, -0.15) is 5.10 Å². The molecule has 0 saturated carbocycles. The third-order valence-electron chi connectivity index (χ3n) is 2.80. The van der Waals surface area contributed by atoms with Crippen LogP contribution >= 0.6 is 0 Å². The zero-order valence-electron chi connectivity index (χ0n) is 11.7. The molecule has 0 atom stereocenters. The van der Waals surface area contributed by atoms with Crippen molar-refractivity contribution in [1.29, 1.82) is 0 Å². The van der Waals surface area contributed by atoms with E-state index < -0.39 is 10.0 Å². The number of nitrogens with one attached hydrogen (secondary N) is 1. The molecule has 0 fully saturated rings. The molecule has 0 unspecified atom stereocenters. The molecule has 0 saturated heterocycles. The average Bonchev–Trinajstić information content (AvgIpc) is 2.54. The van der Waals surface area contributed by atoms with Crippen molar-refractivity contribution >= 4 is 10.0 Å². The summed E-state index contributed by atoms with van der Waals surface area (Å²) in [6.07, 6.45) is 0. The Morgan fingerprint density at radius 2 is 1.94 bits per heavy atom. The van der Waals surface area contributed by atoms with Crippen LogP contribution in [0.3, 0.4) is 0 Å². The summed E-state index contributed by atoms with van der Waals surface area (Å²) in [6, 6.07) is 0. The molecule has 0 bridgehead atoms.